The summed E-state index contributed by atoms with van der Waals surface area (Å²) in [7, 11) is 1.34. The average molecular weight is 371 g/mol. The summed E-state index contributed by atoms with van der Waals surface area (Å²) < 4.78 is 17.9. The smallest absolute Gasteiger partial charge is 0.337 e. The highest BCUT2D eigenvalue weighted by molar-refractivity contribution is 7.80. The van der Waals surface area contributed by atoms with Gasteiger partial charge in [-0.2, -0.15) is 0 Å². The largest absolute Gasteiger partial charge is 0.465 e. The predicted molar refractivity (Wildman–Crippen MR) is 104 cm³/mol. The number of methoxy groups -OCH3 is 1. The number of carbonyl (C=O) groups excluding carboxylic acids is 1. The van der Waals surface area contributed by atoms with Gasteiger partial charge >= 0.3 is 5.97 Å². The summed E-state index contributed by atoms with van der Waals surface area (Å²) in [6, 6.07) is 11.6. The lowest BCUT2D eigenvalue weighted by molar-refractivity contribution is 0.0601. The van der Waals surface area contributed by atoms with Crippen LogP contribution in [0.4, 0.5) is 10.1 Å². The Labute approximate surface area is 155 Å². The maximum atomic E-state index is 13.2. The number of halogens is 1. The molecule has 0 bridgehead atoms. The van der Waals surface area contributed by atoms with Gasteiger partial charge < -0.3 is 20.4 Å². The van der Waals surface area contributed by atoms with Crippen LogP contribution in [0.25, 0.3) is 10.9 Å². The number of hydrogen-bond acceptors (Lipinski definition) is 3. The summed E-state index contributed by atoms with van der Waals surface area (Å²) in [6.45, 7) is 0.635. The van der Waals surface area contributed by atoms with Gasteiger partial charge in [-0.25, -0.2) is 9.18 Å². The number of aromatic amines is 1. The quantitative estimate of drug-likeness (QED) is 0.472. The summed E-state index contributed by atoms with van der Waals surface area (Å²) in [5, 5.41) is 7.69. The molecule has 0 unspecified atom stereocenters. The van der Waals surface area contributed by atoms with Crippen LogP contribution in [0.1, 0.15) is 15.9 Å². The molecule has 134 valence electrons. The summed E-state index contributed by atoms with van der Waals surface area (Å²) in [5.41, 5.74) is 3.13. The van der Waals surface area contributed by atoms with E-state index in [0.717, 1.165) is 28.6 Å². The minimum atomic E-state index is -0.379. The van der Waals surface area contributed by atoms with Crippen molar-refractivity contribution in [1.29, 1.82) is 0 Å². The van der Waals surface area contributed by atoms with E-state index in [4.69, 9.17) is 12.2 Å². The monoisotopic (exact) mass is 371 g/mol. The number of H-pyrrole nitrogens is 1. The van der Waals surface area contributed by atoms with E-state index in [-0.39, 0.29) is 11.8 Å². The number of ether oxygens (including phenoxy) is 1. The number of fused-ring (bicyclic) bond motifs is 1. The SMILES string of the molecule is COC(=O)c1ccc(NC(=S)NCCc2c[nH]c3cc(F)ccc23)cc1. The number of esters is 1. The first kappa shape index (κ1) is 17.9. The number of aromatic nitrogens is 1. The third-order valence-electron chi connectivity index (χ3n) is 3.97. The Morgan fingerprint density at radius 1 is 1.23 bits per heavy atom. The van der Waals surface area contributed by atoms with Gasteiger partial charge in [-0.15, -0.1) is 0 Å². The van der Waals surface area contributed by atoms with Crippen molar-refractivity contribution in [3.8, 4) is 0 Å². The van der Waals surface area contributed by atoms with Gasteiger partial charge in [-0.1, -0.05) is 0 Å². The highest BCUT2D eigenvalue weighted by Crippen LogP contribution is 2.19. The van der Waals surface area contributed by atoms with Crippen LogP contribution in [0.3, 0.4) is 0 Å². The zero-order valence-corrected chi connectivity index (χ0v) is 15.0. The molecule has 0 saturated carbocycles. The third-order valence-corrected chi connectivity index (χ3v) is 4.22. The molecular formula is C19H18FN3O2S. The molecule has 0 aliphatic rings. The summed E-state index contributed by atoms with van der Waals surface area (Å²) in [6.07, 6.45) is 2.63. The Morgan fingerprint density at radius 2 is 2.00 bits per heavy atom. The zero-order valence-electron chi connectivity index (χ0n) is 14.1. The van der Waals surface area contributed by atoms with Gasteiger partial charge in [0.05, 0.1) is 12.7 Å². The van der Waals surface area contributed by atoms with Gasteiger partial charge in [0.2, 0.25) is 0 Å². The van der Waals surface area contributed by atoms with Crippen molar-refractivity contribution in [1.82, 2.24) is 10.3 Å². The fraction of sp³-hybridized carbons (Fsp3) is 0.158. The normalized spacial score (nSPS) is 10.5. The van der Waals surface area contributed by atoms with Gasteiger partial charge in [0.25, 0.3) is 0 Å². The molecule has 3 N–H and O–H groups in total. The highest BCUT2D eigenvalue weighted by atomic mass is 32.1. The van der Waals surface area contributed by atoms with Crippen LogP contribution in [-0.4, -0.2) is 29.7 Å². The molecule has 1 heterocycles. The molecule has 26 heavy (non-hydrogen) atoms. The Morgan fingerprint density at radius 3 is 2.73 bits per heavy atom. The third kappa shape index (κ3) is 4.18. The topological polar surface area (TPSA) is 66.2 Å². The van der Waals surface area contributed by atoms with E-state index in [0.29, 0.717) is 17.2 Å². The van der Waals surface area contributed by atoms with Gasteiger partial charge in [0, 0.05) is 29.3 Å². The summed E-state index contributed by atoms with van der Waals surface area (Å²) in [4.78, 5) is 14.5. The number of thiocarbonyl (C=S) groups is 1. The van der Waals surface area contributed by atoms with Crippen molar-refractivity contribution < 1.29 is 13.9 Å². The molecule has 0 atom stereocenters. The van der Waals surface area contributed by atoms with E-state index in [1.165, 1.54) is 19.2 Å². The first-order chi connectivity index (χ1) is 12.6. The second-order valence-corrected chi connectivity index (χ2v) is 6.11. The van der Waals surface area contributed by atoms with Crippen LogP contribution >= 0.6 is 12.2 Å². The number of nitrogens with one attached hydrogen (secondary N) is 3. The fourth-order valence-electron chi connectivity index (χ4n) is 2.66. The molecule has 2 aromatic carbocycles. The van der Waals surface area contributed by atoms with E-state index in [1.807, 2.05) is 6.20 Å². The van der Waals surface area contributed by atoms with Crippen LogP contribution in [0.2, 0.25) is 0 Å². The second kappa shape index (κ2) is 7.97. The van der Waals surface area contributed by atoms with Crippen molar-refractivity contribution in [3.05, 3.63) is 65.6 Å². The maximum Gasteiger partial charge on any atom is 0.337 e. The molecule has 5 nitrogen and oxygen atoms in total. The molecule has 0 saturated heterocycles. The van der Waals surface area contributed by atoms with Crippen LogP contribution < -0.4 is 10.6 Å². The van der Waals surface area contributed by atoms with Gasteiger partial charge in [0.15, 0.2) is 5.11 Å². The molecular weight excluding hydrogens is 353 g/mol. The molecule has 0 spiro atoms. The number of anilines is 1. The van der Waals surface area contributed by atoms with Gasteiger partial charge in [0.1, 0.15) is 5.82 Å². The number of rotatable bonds is 5. The van der Waals surface area contributed by atoms with Crippen LogP contribution in [0, 0.1) is 5.82 Å². The summed E-state index contributed by atoms with van der Waals surface area (Å²) in [5.74, 6) is -0.636. The van der Waals surface area contributed by atoms with E-state index in [1.54, 1.807) is 30.3 Å². The zero-order chi connectivity index (χ0) is 18.5. The Kier molecular flexibility index (Phi) is 5.48. The Hall–Kier alpha value is -2.93. The molecule has 0 radical (unpaired) electrons. The van der Waals surface area contributed by atoms with E-state index >= 15 is 0 Å². The van der Waals surface area contributed by atoms with Crippen molar-refractivity contribution in [2.75, 3.05) is 19.0 Å². The lowest BCUT2D eigenvalue weighted by Gasteiger charge is -2.10. The molecule has 1 aromatic heterocycles. The molecule has 0 aliphatic carbocycles. The van der Waals surface area contributed by atoms with Gasteiger partial charge in [-0.3, -0.25) is 0 Å². The van der Waals surface area contributed by atoms with E-state index in [2.05, 4.69) is 20.4 Å². The van der Waals surface area contributed by atoms with Crippen molar-refractivity contribution in [3.63, 3.8) is 0 Å². The maximum absolute atomic E-state index is 13.2. The lowest BCUT2D eigenvalue weighted by Crippen LogP contribution is -2.30. The van der Waals surface area contributed by atoms with Crippen LogP contribution in [0.15, 0.2) is 48.7 Å². The fourth-order valence-corrected chi connectivity index (χ4v) is 2.88. The Balaban J connectivity index is 1.51. The number of hydrogen-bond donors (Lipinski definition) is 3. The standard InChI is InChI=1S/C19H18FN3O2S/c1-25-18(24)12-2-5-15(6-3-12)23-19(26)21-9-8-13-11-22-17-10-14(20)4-7-16(13)17/h2-7,10-11,22H,8-9H2,1H3,(H2,21,23,26). The minimum absolute atomic E-state index is 0.257. The molecule has 0 fully saturated rings. The van der Waals surface area contributed by atoms with E-state index < -0.39 is 0 Å². The van der Waals surface area contributed by atoms with Gasteiger partial charge in [-0.05, 0) is 66.7 Å². The van der Waals surface area contributed by atoms with Crippen molar-refractivity contribution in [2.45, 2.75) is 6.42 Å². The molecule has 3 aromatic rings. The van der Waals surface area contributed by atoms with Crippen molar-refractivity contribution in [2.24, 2.45) is 0 Å². The lowest BCUT2D eigenvalue weighted by atomic mass is 10.1. The van der Waals surface area contributed by atoms with Crippen molar-refractivity contribution >= 4 is 39.9 Å². The summed E-state index contributed by atoms with van der Waals surface area (Å²) >= 11 is 5.28. The number of carbonyl (C=O) groups is 1. The second-order valence-electron chi connectivity index (χ2n) is 5.70. The first-order valence-corrected chi connectivity index (χ1v) is 8.46. The van der Waals surface area contributed by atoms with Crippen LogP contribution in [-0.2, 0) is 11.2 Å². The predicted octanol–water partition coefficient (Wildman–Crippen LogP) is 3.62. The van der Waals surface area contributed by atoms with Crippen LogP contribution in [0.5, 0.6) is 0 Å². The van der Waals surface area contributed by atoms with E-state index in [9.17, 15) is 9.18 Å². The molecule has 3 rings (SSSR count). The average Bonchev–Trinajstić information content (AvgIpc) is 3.03. The molecule has 0 amide bonds. The first-order valence-electron chi connectivity index (χ1n) is 8.05. The number of benzene rings is 2. The highest BCUT2D eigenvalue weighted by Gasteiger charge is 2.06. The molecule has 0 aliphatic heterocycles. The Bertz CT molecular complexity index is 938. The minimum Gasteiger partial charge on any atom is -0.465 e. The molecule has 7 heteroatoms.